The molecule has 0 saturated heterocycles. The monoisotopic (exact) mass is 265 g/mol. The van der Waals surface area contributed by atoms with Crippen LogP contribution < -0.4 is 0 Å². The predicted molar refractivity (Wildman–Crippen MR) is 77.0 cm³/mol. The largest absolute Gasteiger partial charge is 0.271 e. The lowest BCUT2D eigenvalue weighted by Gasteiger charge is -2.21. The van der Waals surface area contributed by atoms with Crippen LogP contribution in [-0.4, -0.2) is 16.2 Å². The minimum atomic E-state index is 0.178. The molecule has 100 valence electrons. The standard InChI is InChI=1S/C15H23NOS/c17-15-14(12-8-4-5-9-12)18-13(16-15)10-11-6-2-1-3-7-11/h11-12,14H,1-10H2. The van der Waals surface area contributed by atoms with E-state index in [1.165, 1.54) is 57.8 Å². The molecule has 2 aliphatic carbocycles. The molecule has 1 unspecified atom stereocenters. The molecule has 3 heteroatoms. The van der Waals surface area contributed by atoms with Gasteiger partial charge in [0.25, 0.3) is 5.91 Å². The maximum absolute atomic E-state index is 12.0. The van der Waals surface area contributed by atoms with Crippen molar-refractivity contribution >= 4 is 22.7 Å². The van der Waals surface area contributed by atoms with Gasteiger partial charge in [-0.05, 0) is 31.1 Å². The molecule has 0 aromatic heterocycles. The summed E-state index contributed by atoms with van der Waals surface area (Å²) in [6.45, 7) is 0. The van der Waals surface area contributed by atoms with Crippen LogP contribution in [0.1, 0.15) is 64.2 Å². The van der Waals surface area contributed by atoms with Crippen molar-refractivity contribution in [1.29, 1.82) is 0 Å². The molecule has 0 bridgehead atoms. The van der Waals surface area contributed by atoms with E-state index < -0.39 is 0 Å². The highest BCUT2D eigenvalue weighted by Gasteiger charge is 2.36. The maximum atomic E-state index is 12.0. The summed E-state index contributed by atoms with van der Waals surface area (Å²) in [7, 11) is 0. The number of hydrogen-bond acceptors (Lipinski definition) is 2. The molecule has 18 heavy (non-hydrogen) atoms. The second kappa shape index (κ2) is 5.77. The molecule has 0 aromatic rings. The van der Waals surface area contributed by atoms with E-state index in [0.29, 0.717) is 5.92 Å². The molecule has 2 saturated carbocycles. The summed E-state index contributed by atoms with van der Waals surface area (Å²) in [5.74, 6) is 1.60. The molecule has 2 nitrogen and oxygen atoms in total. The Hall–Kier alpha value is -0.310. The lowest BCUT2D eigenvalue weighted by molar-refractivity contribution is -0.117. The van der Waals surface area contributed by atoms with Gasteiger partial charge in [-0.15, -0.1) is 0 Å². The van der Waals surface area contributed by atoms with Gasteiger partial charge in [-0.25, -0.2) is 4.99 Å². The zero-order chi connectivity index (χ0) is 12.4. The van der Waals surface area contributed by atoms with Crippen LogP contribution in [0.25, 0.3) is 0 Å². The van der Waals surface area contributed by atoms with Crippen molar-refractivity contribution < 1.29 is 4.79 Å². The van der Waals surface area contributed by atoms with Gasteiger partial charge in [-0.2, -0.15) is 0 Å². The molecule has 1 heterocycles. The summed E-state index contributed by atoms with van der Waals surface area (Å²) in [6, 6.07) is 0. The highest BCUT2D eigenvalue weighted by atomic mass is 32.2. The van der Waals surface area contributed by atoms with Crippen LogP contribution in [0.2, 0.25) is 0 Å². The van der Waals surface area contributed by atoms with Gasteiger partial charge >= 0.3 is 0 Å². The van der Waals surface area contributed by atoms with Crippen molar-refractivity contribution in [2.24, 2.45) is 16.8 Å². The predicted octanol–water partition coefficient (Wildman–Crippen LogP) is 4.19. The van der Waals surface area contributed by atoms with Gasteiger partial charge < -0.3 is 0 Å². The van der Waals surface area contributed by atoms with Crippen LogP contribution >= 0.6 is 11.8 Å². The molecule has 0 N–H and O–H groups in total. The van der Waals surface area contributed by atoms with Gasteiger partial charge in [0.05, 0.1) is 10.3 Å². The van der Waals surface area contributed by atoms with Crippen molar-refractivity contribution in [2.75, 3.05) is 0 Å². The number of nitrogens with zero attached hydrogens (tertiary/aromatic N) is 1. The number of aliphatic imine (C=N–C) groups is 1. The second-order valence-corrected chi connectivity index (χ2v) is 7.35. The molecule has 2 fully saturated rings. The third-order valence-corrected chi connectivity index (χ3v) is 6.13. The average Bonchev–Trinajstić information content (AvgIpc) is 3.00. The Morgan fingerprint density at radius 3 is 2.39 bits per heavy atom. The topological polar surface area (TPSA) is 29.4 Å². The van der Waals surface area contributed by atoms with Gasteiger partial charge in [0.15, 0.2) is 0 Å². The van der Waals surface area contributed by atoms with Crippen molar-refractivity contribution in [3.63, 3.8) is 0 Å². The number of amides is 1. The highest BCUT2D eigenvalue weighted by Crippen LogP contribution is 2.40. The second-order valence-electron chi connectivity index (χ2n) is 6.13. The lowest BCUT2D eigenvalue weighted by atomic mass is 9.87. The first-order chi connectivity index (χ1) is 8.83. The Morgan fingerprint density at radius 2 is 1.67 bits per heavy atom. The smallest absolute Gasteiger partial charge is 0.260 e. The maximum Gasteiger partial charge on any atom is 0.260 e. The van der Waals surface area contributed by atoms with Crippen LogP contribution in [0.3, 0.4) is 0 Å². The Bertz CT molecular complexity index is 340. The van der Waals surface area contributed by atoms with Crippen LogP contribution in [0.4, 0.5) is 0 Å². The van der Waals surface area contributed by atoms with E-state index in [0.717, 1.165) is 17.4 Å². The van der Waals surface area contributed by atoms with E-state index in [1.807, 2.05) is 11.8 Å². The summed E-state index contributed by atoms with van der Waals surface area (Å²) in [4.78, 5) is 16.4. The first-order valence-corrected chi connectivity index (χ1v) is 8.49. The third kappa shape index (κ3) is 2.81. The van der Waals surface area contributed by atoms with Gasteiger partial charge in [-0.3, -0.25) is 4.79 Å². The van der Waals surface area contributed by atoms with Crippen LogP contribution in [-0.2, 0) is 4.79 Å². The number of thioether (sulfide) groups is 1. The van der Waals surface area contributed by atoms with E-state index in [1.54, 1.807) is 0 Å². The molecule has 0 spiro atoms. The van der Waals surface area contributed by atoms with Crippen molar-refractivity contribution in [3.05, 3.63) is 0 Å². The van der Waals surface area contributed by atoms with Gasteiger partial charge in [0, 0.05) is 0 Å². The van der Waals surface area contributed by atoms with E-state index in [9.17, 15) is 4.79 Å². The van der Waals surface area contributed by atoms with Crippen LogP contribution in [0.5, 0.6) is 0 Å². The molecule has 0 radical (unpaired) electrons. The van der Waals surface area contributed by atoms with Crippen LogP contribution in [0, 0.1) is 11.8 Å². The molecular weight excluding hydrogens is 242 g/mol. The molecule has 3 aliphatic rings. The number of hydrogen-bond donors (Lipinski definition) is 0. The number of rotatable bonds is 3. The summed E-state index contributed by atoms with van der Waals surface area (Å²) < 4.78 is 0. The number of carbonyl (C=O) groups is 1. The summed E-state index contributed by atoms with van der Waals surface area (Å²) >= 11 is 1.81. The molecule has 0 aromatic carbocycles. The Balaban J connectivity index is 1.54. The van der Waals surface area contributed by atoms with Crippen molar-refractivity contribution in [2.45, 2.75) is 69.5 Å². The average molecular weight is 265 g/mol. The first kappa shape index (κ1) is 12.7. The summed E-state index contributed by atoms with van der Waals surface area (Å²) in [6.07, 6.45) is 13.1. The first-order valence-electron chi connectivity index (χ1n) is 7.61. The van der Waals surface area contributed by atoms with E-state index >= 15 is 0 Å². The normalized spacial score (nSPS) is 31.0. The fraction of sp³-hybridized carbons (Fsp3) is 0.867. The highest BCUT2D eigenvalue weighted by molar-refractivity contribution is 8.15. The summed E-state index contributed by atoms with van der Waals surface area (Å²) in [5.41, 5.74) is 0. The quantitative estimate of drug-likeness (QED) is 0.766. The number of carbonyl (C=O) groups excluding carboxylic acids is 1. The molecule has 1 aliphatic heterocycles. The Kier molecular flexibility index (Phi) is 4.07. The zero-order valence-corrected chi connectivity index (χ0v) is 11.9. The third-order valence-electron chi connectivity index (χ3n) is 4.76. The zero-order valence-electron chi connectivity index (χ0n) is 11.1. The van der Waals surface area contributed by atoms with Gasteiger partial charge in [-0.1, -0.05) is 56.7 Å². The molecule has 1 amide bonds. The van der Waals surface area contributed by atoms with Crippen molar-refractivity contribution in [3.8, 4) is 0 Å². The fourth-order valence-electron chi connectivity index (χ4n) is 3.70. The van der Waals surface area contributed by atoms with Crippen molar-refractivity contribution in [1.82, 2.24) is 0 Å². The molecule has 1 atom stereocenters. The fourth-order valence-corrected chi connectivity index (χ4v) is 5.09. The Morgan fingerprint density at radius 1 is 1.00 bits per heavy atom. The van der Waals surface area contributed by atoms with E-state index in [2.05, 4.69) is 4.99 Å². The van der Waals surface area contributed by atoms with Gasteiger partial charge in [0.2, 0.25) is 0 Å². The SMILES string of the molecule is O=C1N=C(CC2CCCCC2)SC1C1CCCC1. The van der Waals surface area contributed by atoms with Crippen LogP contribution in [0.15, 0.2) is 4.99 Å². The minimum Gasteiger partial charge on any atom is -0.271 e. The Labute approximate surface area is 114 Å². The van der Waals surface area contributed by atoms with E-state index in [-0.39, 0.29) is 11.2 Å². The molecule has 3 rings (SSSR count). The minimum absolute atomic E-state index is 0.178. The summed E-state index contributed by atoms with van der Waals surface area (Å²) in [5, 5.41) is 1.34. The lowest BCUT2D eigenvalue weighted by Crippen LogP contribution is -2.20. The van der Waals surface area contributed by atoms with E-state index in [4.69, 9.17) is 0 Å². The molecular formula is C15H23NOS. The van der Waals surface area contributed by atoms with Gasteiger partial charge in [0.1, 0.15) is 0 Å².